The van der Waals surface area contributed by atoms with E-state index in [1.807, 2.05) is 24.3 Å². The molecule has 0 atom stereocenters. The van der Waals surface area contributed by atoms with Crippen molar-refractivity contribution in [2.24, 2.45) is 0 Å². The summed E-state index contributed by atoms with van der Waals surface area (Å²) >= 11 is 0. The number of hydrogen-bond donors (Lipinski definition) is 0. The summed E-state index contributed by atoms with van der Waals surface area (Å²) in [6, 6.07) is 7.70. The second kappa shape index (κ2) is 3.77. The molecule has 3 heteroatoms. The highest BCUT2D eigenvalue weighted by Crippen LogP contribution is 2.37. The van der Waals surface area contributed by atoms with Crippen LogP contribution in [0.4, 0.5) is 0 Å². The largest absolute Gasteiger partial charge is 0.488 e. The van der Waals surface area contributed by atoms with Crippen LogP contribution in [0.5, 0.6) is 5.75 Å². The Hall–Kier alpha value is -2.03. The molecule has 3 rings (SSSR count). The van der Waals surface area contributed by atoms with E-state index in [4.69, 9.17) is 4.74 Å². The molecule has 0 saturated carbocycles. The molecule has 2 aliphatic rings. The third-order valence-electron chi connectivity index (χ3n) is 3.14. The third kappa shape index (κ3) is 1.46. The van der Waals surface area contributed by atoms with Crippen LogP contribution in [0.15, 0.2) is 42.5 Å². The smallest absolute Gasteiger partial charge is 0.255 e. The number of ether oxygens (including phenoxy) is 1. The number of carbonyl (C=O) groups is 1. The van der Waals surface area contributed by atoms with Crippen molar-refractivity contribution < 1.29 is 9.53 Å². The highest BCUT2D eigenvalue weighted by atomic mass is 16.5. The zero-order valence-electron chi connectivity index (χ0n) is 9.48. The minimum absolute atomic E-state index is 0.0932. The number of carbonyl (C=O) groups excluding carboxylic acids is 1. The van der Waals surface area contributed by atoms with Crippen LogP contribution < -0.4 is 4.74 Å². The van der Waals surface area contributed by atoms with Crippen molar-refractivity contribution in [3.05, 3.63) is 48.1 Å². The Balaban J connectivity index is 2.04. The summed E-state index contributed by atoms with van der Waals surface area (Å²) in [7, 11) is 0. The van der Waals surface area contributed by atoms with Crippen molar-refractivity contribution in [3.63, 3.8) is 0 Å². The van der Waals surface area contributed by atoms with E-state index in [2.05, 4.69) is 6.58 Å². The zero-order chi connectivity index (χ0) is 11.8. The minimum atomic E-state index is 0.0932. The maximum atomic E-state index is 12.3. The summed E-state index contributed by atoms with van der Waals surface area (Å²) in [5.41, 5.74) is 2.83. The zero-order valence-corrected chi connectivity index (χ0v) is 9.48. The fraction of sp³-hybridized carbons (Fsp3) is 0.214. The van der Waals surface area contributed by atoms with Gasteiger partial charge in [-0.05, 0) is 11.6 Å². The van der Waals surface area contributed by atoms with Crippen LogP contribution in [0.2, 0.25) is 0 Å². The maximum absolute atomic E-state index is 12.3. The first-order chi connectivity index (χ1) is 8.31. The number of nitrogens with zero attached hydrogens (tertiary/aromatic N) is 1. The van der Waals surface area contributed by atoms with E-state index in [9.17, 15) is 4.79 Å². The molecular formula is C14H13NO2. The summed E-state index contributed by atoms with van der Waals surface area (Å²) in [5, 5.41) is 0. The molecule has 2 heterocycles. The Morgan fingerprint density at radius 3 is 3.06 bits per heavy atom. The Kier molecular flexibility index (Phi) is 2.25. The first-order valence-electron chi connectivity index (χ1n) is 5.65. The molecule has 0 saturated heterocycles. The van der Waals surface area contributed by atoms with Gasteiger partial charge < -0.3 is 9.64 Å². The molecule has 2 aliphatic heterocycles. The van der Waals surface area contributed by atoms with Crippen molar-refractivity contribution in [3.8, 4) is 5.75 Å². The second-order valence-corrected chi connectivity index (χ2v) is 4.24. The van der Waals surface area contributed by atoms with Crippen LogP contribution in [0.3, 0.4) is 0 Å². The summed E-state index contributed by atoms with van der Waals surface area (Å²) < 4.78 is 5.65. The Labute approximate surface area is 100.0 Å². The molecule has 0 spiro atoms. The first-order valence-corrected chi connectivity index (χ1v) is 5.65. The van der Waals surface area contributed by atoms with Crippen LogP contribution in [-0.4, -0.2) is 30.5 Å². The van der Waals surface area contributed by atoms with Gasteiger partial charge in [-0.3, -0.25) is 4.79 Å². The number of rotatable bonds is 2. The summed E-state index contributed by atoms with van der Waals surface area (Å²) in [5.74, 6) is 0.899. The van der Waals surface area contributed by atoms with E-state index in [1.54, 1.807) is 11.0 Å². The molecule has 0 bridgehead atoms. The minimum Gasteiger partial charge on any atom is -0.488 e. The molecule has 0 N–H and O–H groups in total. The Bertz CT molecular complexity index is 531. The van der Waals surface area contributed by atoms with Crippen molar-refractivity contribution in [1.82, 2.24) is 4.90 Å². The average molecular weight is 227 g/mol. The van der Waals surface area contributed by atoms with E-state index in [0.717, 1.165) is 22.5 Å². The SMILES string of the molecule is C=CCN1CC2=C(C1=O)c1ccccc1OC2. The van der Waals surface area contributed by atoms with Gasteiger partial charge >= 0.3 is 0 Å². The lowest BCUT2D eigenvalue weighted by molar-refractivity contribution is -0.123. The molecule has 1 aromatic carbocycles. The fourth-order valence-electron chi connectivity index (χ4n) is 2.38. The number of benzene rings is 1. The van der Waals surface area contributed by atoms with Gasteiger partial charge in [0.05, 0.1) is 5.57 Å². The predicted octanol–water partition coefficient (Wildman–Crippen LogP) is 1.86. The highest BCUT2D eigenvalue weighted by molar-refractivity contribution is 6.23. The fourth-order valence-corrected chi connectivity index (χ4v) is 2.38. The summed E-state index contributed by atoms with van der Waals surface area (Å²) in [6.07, 6.45) is 1.75. The van der Waals surface area contributed by atoms with Gasteiger partial charge in [0.25, 0.3) is 5.91 Å². The maximum Gasteiger partial charge on any atom is 0.255 e. The van der Waals surface area contributed by atoms with Crippen molar-refractivity contribution in [2.45, 2.75) is 0 Å². The quantitative estimate of drug-likeness (QED) is 0.722. The Morgan fingerprint density at radius 1 is 1.41 bits per heavy atom. The molecule has 86 valence electrons. The molecule has 0 unspecified atom stereocenters. The lowest BCUT2D eigenvalue weighted by atomic mass is 9.99. The predicted molar refractivity (Wildman–Crippen MR) is 65.6 cm³/mol. The van der Waals surface area contributed by atoms with Crippen LogP contribution in [0.1, 0.15) is 5.56 Å². The lowest BCUT2D eigenvalue weighted by Crippen LogP contribution is -2.26. The standard InChI is InChI=1S/C14H13NO2/c1-2-7-15-8-10-9-17-12-6-4-3-5-11(12)13(10)14(15)16/h2-6H,1,7-9H2. The Morgan fingerprint density at radius 2 is 2.24 bits per heavy atom. The molecule has 17 heavy (non-hydrogen) atoms. The molecule has 3 nitrogen and oxygen atoms in total. The van der Waals surface area contributed by atoms with E-state index in [1.165, 1.54) is 0 Å². The molecule has 1 aromatic rings. The first kappa shape index (κ1) is 10.1. The van der Waals surface area contributed by atoms with Gasteiger partial charge in [0.15, 0.2) is 0 Å². The normalized spacial score (nSPS) is 17.6. The van der Waals surface area contributed by atoms with Gasteiger partial charge in [0.2, 0.25) is 0 Å². The van der Waals surface area contributed by atoms with Crippen LogP contribution >= 0.6 is 0 Å². The number of fused-ring (bicyclic) bond motifs is 2. The molecule has 0 aliphatic carbocycles. The number of para-hydroxylation sites is 1. The van der Waals surface area contributed by atoms with Crippen LogP contribution in [-0.2, 0) is 4.79 Å². The molecule has 0 radical (unpaired) electrons. The lowest BCUT2D eigenvalue weighted by Gasteiger charge is -2.17. The number of hydrogen-bond acceptors (Lipinski definition) is 2. The van der Waals surface area contributed by atoms with E-state index in [0.29, 0.717) is 19.7 Å². The second-order valence-electron chi connectivity index (χ2n) is 4.24. The molecule has 0 fully saturated rings. The van der Waals surface area contributed by atoms with Gasteiger partial charge in [0.1, 0.15) is 12.4 Å². The van der Waals surface area contributed by atoms with Crippen molar-refractivity contribution >= 4 is 11.5 Å². The highest BCUT2D eigenvalue weighted by Gasteiger charge is 2.34. The van der Waals surface area contributed by atoms with Crippen LogP contribution in [0, 0.1) is 0 Å². The summed E-state index contributed by atoms with van der Waals surface area (Å²) in [6.45, 7) is 5.45. The average Bonchev–Trinajstić information content (AvgIpc) is 2.67. The summed E-state index contributed by atoms with van der Waals surface area (Å²) in [4.78, 5) is 14.1. The van der Waals surface area contributed by atoms with Crippen molar-refractivity contribution in [1.29, 1.82) is 0 Å². The van der Waals surface area contributed by atoms with Gasteiger partial charge in [-0.25, -0.2) is 0 Å². The van der Waals surface area contributed by atoms with Gasteiger partial charge in [-0.15, -0.1) is 6.58 Å². The molecular weight excluding hydrogens is 214 g/mol. The molecule has 1 amide bonds. The number of amides is 1. The monoisotopic (exact) mass is 227 g/mol. The van der Waals surface area contributed by atoms with Gasteiger partial charge in [0, 0.05) is 18.7 Å². The van der Waals surface area contributed by atoms with E-state index < -0.39 is 0 Å². The van der Waals surface area contributed by atoms with Crippen LogP contribution in [0.25, 0.3) is 5.57 Å². The van der Waals surface area contributed by atoms with E-state index in [-0.39, 0.29) is 5.91 Å². The van der Waals surface area contributed by atoms with Crippen molar-refractivity contribution in [2.75, 3.05) is 19.7 Å². The topological polar surface area (TPSA) is 29.5 Å². The molecule has 0 aromatic heterocycles. The van der Waals surface area contributed by atoms with Gasteiger partial charge in [-0.2, -0.15) is 0 Å². The van der Waals surface area contributed by atoms with Gasteiger partial charge in [-0.1, -0.05) is 24.3 Å². The third-order valence-corrected chi connectivity index (χ3v) is 3.14. The van der Waals surface area contributed by atoms with E-state index >= 15 is 0 Å².